The molecule has 0 bridgehead atoms. The number of thioether (sulfide) groups is 1. The Labute approximate surface area is 138 Å². The number of amides is 2. The Morgan fingerprint density at radius 2 is 1.91 bits per heavy atom. The molecule has 2 rings (SSSR count). The van der Waals surface area contributed by atoms with Crippen LogP contribution in [0.4, 0.5) is 0 Å². The van der Waals surface area contributed by atoms with Crippen molar-refractivity contribution in [3.63, 3.8) is 0 Å². The fraction of sp³-hybridized carbons (Fsp3) is 0.357. The fourth-order valence-electron chi connectivity index (χ4n) is 2.00. The zero-order chi connectivity index (χ0) is 16.8. The van der Waals surface area contributed by atoms with Gasteiger partial charge in [0, 0.05) is 7.05 Å². The number of carbonyl (C=O) groups is 2. The summed E-state index contributed by atoms with van der Waals surface area (Å²) in [6.07, 6.45) is 0. The van der Waals surface area contributed by atoms with Crippen molar-refractivity contribution in [1.29, 1.82) is 0 Å². The summed E-state index contributed by atoms with van der Waals surface area (Å²) in [5, 5.41) is 17.2. The molecule has 2 amide bonds. The molecule has 0 aliphatic heterocycles. The summed E-state index contributed by atoms with van der Waals surface area (Å²) in [5.41, 5.74) is 3.00. The molecule has 1 aromatic carbocycles. The maximum Gasteiger partial charge on any atom is 0.239 e. The van der Waals surface area contributed by atoms with E-state index < -0.39 is 0 Å². The summed E-state index contributed by atoms with van der Waals surface area (Å²) in [7, 11) is 1.52. The van der Waals surface area contributed by atoms with Crippen LogP contribution in [-0.2, 0) is 9.59 Å². The molecule has 0 saturated carbocycles. The maximum absolute atomic E-state index is 11.8. The number of likely N-dealkylation sites (N-methyl/N-ethyl adjacent to an activating group) is 1. The fourth-order valence-corrected chi connectivity index (χ4v) is 2.70. The van der Waals surface area contributed by atoms with Crippen molar-refractivity contribution < 1.29 is 9.59 Å². The Balaban J connectivity index is 2.05. The van der Waals surface area contributed by atoms with Gasteiger partial charge in [0.1, 0.15) is 0 Å². The maximum atomic E-state index is 11.8. The van der Waals surface area contributed by atoms with E-state index in [4.69, 9.17) is 0 Å². The molecule has 9 heteroatoms. The molecule has 1 heterocycles. The number of hydrogen-bond donors (Lipinski definition) is 2. The monoisotopic (exact) mass is 334 g/mol. The van der Waals surface area contributed by atoms with Gasteiger partial charge in [0.2, 0.25) is 17.0 Å². The molecule has 23 heavy (non-hydrogen) atoms. The average molecular weight is 334 g/mol. The Bertz CT molecular complexity index is 695. The van der Waals surface area contributed by atoms with E-state index in [1.807, 2.05) is 32.0 Å². The van der Waals surface area contributed by atoms with Crippen molar-refractivity contribution in [3.05, 3.63) is 29.3 Å². The van der Waals surface area contributed by atoms with E-state index in [9.17, 15) is 9.59 Å². The number of nitrogens with one attached hydrogen (secondary N) is 2. The molecule has 0 spiro atoms. The lowest BCUT2D eigenvalue weighted by Crippen LogP contribution is -2.36. The third kappa shape index (κ3) is 4.28. The topological polar surface area (TPSA) is 102 Å². The first-order valence-electron chi connectivity index (χ1n) is 6.98. The normalized spacial score (nSPS) is 10.4. The Kier molecular flexibility index (Phi) is 5.69. The van der Waals surface area contributed by atoms with Crippen LogP contribution in [0.2, 0.25) is 0 Å². The molecule has 0 unspecified atom stereocenters. The molecule has 8 nitrogen and oxygen atoms in total. The number of aryl methyl sites for hydroxylation is 2. The third-order valence-corrected chi connectivity index (χ3v) is 4.07. The lowest BCUT2D eigenvalue weighted by Gasteiger charge is -2.10. The van der Waals surface area contributed by atoms with Crippen molar-refractivity contribution in [1.82, 2.24) is 30.8 Å². The zero-order valence-corrected chi connectivity index (χ0v) is 14.0. The second-order valence-corrected chi connectivity index (χ2v) is 5.79. The van der Waals surface area contributed by atoms with E-state index in [1.54, 1.807) is 4.68 Å². The van der Waals surface area contributed by atoms with Gasteiger partial charge >= 0.3 is 0 Å². The van der Waals surface area contributed by atoms with E-state index in [0.717, 1.165) is 16.8 Å². The van der Waals surface area contributed by atoms with E-state index in [-0.39, 0.29) is 24.1 Å². The molecule has 0 atom stereocenters. The quantitative estimate of drug-likeness (QED) is 0.734. The van der Waals surface area contributed by atoms with Crippen LogP contribution in [0.3, 0.4) is 0 Å². The van der Waals surface area contributed by atoms with E-state index >= 15 is 0 Å². The van der Waals surface area contributed by atoms with Crippen LogP contribution >= 0.6 is 11.8 Å². The molecule has 0 aliphatic carbocycles. The molecule has 0 radical (unpaired) electrons. The van der Waals surface area contributed by atoms with Crippen LogP contribution < -0.4 is 10.6 Å². The molecule has 122 valence electrons. The van der Waals surface area contributed by atoms with Crippen LogP contribution in [0.5, 0.6) is 0 Å². The predicted octanol–water partition coefficient (Wildman–Crippen LogP) is 0.233. The van der Waals surface area contributed by atoms with Crippen LogP contribution in [0.15, 0.2) is 23.4 Å². The molecular weight excluding hydrogens is 316 g/mol. The standard InChI is InChI=1S/C14H18N6O2S/c1-9-5-4-6-10(2)13(9)20-14(17-18-19-20)23-8-12(22)16-7-11(21)15-3/h4-6H,7-8H2,1-3H3,(H,15,21)(H,16,22). The summed E-state index contributed by atoms with van der Waals surface area (Å²) in [6, 6.07) is 5.93. The largest absolute Gasteiger partial charge is 0.358 e. The molecule has 0 fully saturated rings. The zero-order valence-electron chi connectivity index (χ0n) is 13.2. The van der Waals surface area contributed by atoms with E-state index in [2.05, 4.69) is 26.2 Å². The van der Waals surface area contributed by atoms with Gasteiger partial charge in [-0.2, -0.15) is 4.68 Å². The SMILES string of the molecule is CNC(=O)CNC(=O)CSc1nnnn1-c1c(C)cccc1C. The summed E-state index contributed by atoms with van der Waals surface area (Å²) < 4.78 is 1.63. The smallest absolute Gasteiger partial charge is 0.239 e. The summed E-state index contributed by atoms with van der Waals surface area (Å²) in [6.45, 7) is 3.92. The minimum atomic E-state index is -0.255. The highest BCUT2D eigenvalue weighted by Crippen LogP contribution is 2.23. The number of carbonyl (C=O) groups excluding carboxylic acids is 2. The van der Waals surface area contributed by atoms with Crippen molar-refractivity contribution >= 4 is 23.6 Å². The second-order valence-electron chi connectivity index (χ2n) is 4.85. The van der Waals surface area contributed by atoms with Gasteiger partial charge in [0.15, 0.2) is 0 Å². The first kappa shape index (κ1) is 16.9. The lowest BCUT2D eigenvalue weighted by molar-refractivity contribution is -0.124. The second kappa shape index (κ2) is 7.73. The van der Waals surface area contributed by atoms with Gasteiger partial charge in [0.05, 0.1) is 18.0 Å². The Hall–Kier alpha value is -2.42. The van der Waals surface area contributed by atoms with Crippen LogP contribution in [0.1, 0.15) is 11.1 Å². The van der Waals surface area contributed by atoms with Crippen molar-refractivity contribution in [3.8, 4) is 5.69 Å². The molecular formula is C14H18N6O2S. The first-order valence-corrected chi connectivity index (χ1v) is 7.96. The van der Waals surface area contributed by atoms with E-state index in [0.29, 0.717) is 5.16 Å². The lowest BCUT2D eigenvalue weighted by atomic mass is 10.1. The van der Waals surface area contributed by atoms with Crippen LogP contribution in [0.25, 0.3) is 5.69 Å². The van der Waals surface area contributed by atoms with Crippen molar-refractivity contribution in [2.75, 3.05) is 19.3 Å². The summed E-state index contributed by atoms with van der Waals surface area (Å²) in [4.78, 5) is 22.8. The molecule has 0 aliphatic rings. The highest BCUT2D eigenvalue weighted by atomic mass is 32.2. The van der Waals surface area contributed by atoms with E-state index in [1.165, 1.54) is 18.8 Å². The molecule has 2 N–H and O–H groups in total. The number of nitrogens with zero attached hydrogens (tertiary/aromatic N) is 4. The number of rotatable bonds is 6. The first-order chi connectivity index (χ1) is 11.0. The summed E-state index contributed by atoms with van der Waals surface area (Å²) >= 11 is 1.22. The van der Waals surface area contributed by atoms with Gasteiger partial charge in [0.25, 0.3) is 0 Å². The number of benzene rings is 1. The highest BCUT2D eigenvalue weighted by molar-refractivity contribution is 7.99. The molecule has 0 saturated heterocycles. The van der Waals surface area contributed by atoms with Gasteiger partial charge in [-0.1, -0.05) is 30.0 Å². The van der Waals surface area contributed by atoms with Crippen LogP contribution in [-0.4, -0.2) is 51.4 Å². The predicted molar refractivity (Wildman–Crippen MR) is 86.4 cm³/mol. The van der Waals surface area contributed by atoms with Gasteiger partial charge in [-0.15, -0.1) is 5.10 Å². The van der Waals surface area contributed by atoms with Gasteiger partial charge < -0.3 is 10.6 Å². The highest BCUT2D eigenvalue weighted by Gasteiger charge is 2.14. The van der Waals surface area contributed by atoms with Crippen LogP contribution in [0, 0.1) is 13.8 Å². The molecule has 2 aromatic rings. The third-order valence-electron chi connectivity index (χ3n) is 3.15. The number of para-hydroxylation sites is 1. The van der Waals surface area contributed by atoms with Crippen molar-refractivity contribution in [2.24, 2.45) is 0 Å². The number of tetrazole rings is 1. The van der Waals surface area contributed by atoms with Gasteiger partial charge in [-0.05, 0) is 35.4 Å². The molecule has 1 aromatic heterocycles. The minimum absolute atomic E-state index is 0.0439. The number of hydrogen-bond acceptors (Lipinski definition) is 6. The van der Waals surface area contributed by atoms with Gasteiger partial charge in [-0.25, -0.2) is 0 Å². The van der Waals surface area contributed by atoms with Gasteiger partial charge in [-0.3, -0.25) is 9.59 Å². The average Bonchev–Trinajstić information content (AvgIpc) is 2.98. The van der Waals surface area contributed by atoms with Crippen molar-refractivity contribution in [2.45, 2.75) is 19.0 Å². The summed E-state index contributed by atoms with van der Waals surface area (Å²) in [5.74, 6) is -0.374. The Morgan fingerprint density at radius 3 is 2.57 bits per heavy atom. The Morgan fingerprint density at radius 1 is 1.22 bits per heavy atom. The number of aromatic nitrogens is 4. The minimum Gasteiger partial charge on any atom is -0.358 e.